The monoisotopic (exact) mass is 432 g/mol. The fourth-order valence-electron chi connectivity index (χ4n) is 3.71. The first kappa shape index (κ1) is 21.0. The number of carbonyl (C=O) groups is 2. The average molecular weight is 433 g/mol. The molecule has 1 saturated heterocycles. The van der Waals surface area contributed by atoms with Crippen LogP contribution in [-0.2, 0) is 15.0 Å². The Kier molecular flexibility index (Phi) is 5.27. The first-order valence-electron chi connectivity index (χ1n) is 10.1. The molecule has 0 radical (unpaired) electrons. The second-order valence-corrected chi connectivity index (χ2v) is 9.59. The average Bonchev–Trinajstić information content (AvgIpc) is 3.34. The van der Waals surface area contributed by atoms with Crippen molar-refractivity contribution in [3.63, 3.8) is 0 Å². The molecule has 0 bridgehead atoms. The number of ketones is 1. The number of benzene rings is 2. The van der Waals surface area contributed by atoms with Crippen molar-refractivity contribution in [2.75, 3.05) is 4.90 Å². The molecule has 1 aromatic heterocycles. The molecule has 1 aliphatic rings. The molecule has 158 valence electrons. The summed E-state index contributed by atoms with van der Waals surface area (Å²) in [5.74, 6) is -1.58. The highest BCUT2D eigenvalue weighted by atomic mass is 32.1. The Morgan fingerprint density at radius 2 is 1.68 bits per heavy atom. The normalized spacial score (nSPS) is 18.6. The van der Waals surface area contributed by atoms with Gasteiger partial charge >= 0.3 is 5.91 Å². The summed E-state index contributed by atoms with van der Waals surface area (Å²) < 4.78 is 0. The van der Waals surface area contributed by atoms with Gasteiger partial charge in [-0.05, 0) is 23.5 Å². The first-order valence-corrected chi connectivity index (χ1v) is 10.9. The van der Waals surface area contributed by atoms with E-state index in [1.165, 1.54) is 16.2 Å². The lowest BCUT2D eigenvalue weighted by atomic mass is 9.85. The minimum Gasteiger partial charge on any atom is -0.507 e. The summed E-state index contributed by atoms with van der Waals surface area (Å²) in [4.78, 5) is 31.7. The van der Waals surface area contributed by atoms with E-state index in [9.17, 15) is 14.7 Å². The van der Waals surface area contributed by atoms with E-state index in [0.29, 0.717) is 10.7 Å². The van der Waals surface area contributed by atoms with Crippen molar-refractivity contribution in [3.8, 4) is 0 Å². The van der Waals surface area contributed by atoms with Crippen molar-refractivity contribution in [1.29, 1.82) is 0 Å². The summed E-state index contributed by atoms with van der Waals surface area (Å²) in [5, 5.41) is 13.3. The Morgan fingerprint density at radius 3 is 2.23 bits per heavy atom. The first-order chi connectivity index (χ1) is 14.7. The molecule has 3 aromatic rings. The number of aryl methyl sites for hydroxylation is 1. The summed E-state index contributed by atoms with van der Waals surface area (Å²) >= 11 is 1.28. The Labute approximate surface area is 185 Å². The zero-order chi connectivity index (χ0) is 22.3. The van der Waals surface area contributed by atoms with E-state index in [2.05, 4.69) is 25.8 Å². The second-order valence-electron chi connectivity index (χ2n) is 8.72. The maximum atomic E-state index is 13.1. The van der Waals surface area contributed by atoms with Crippen LogP contribution < -0.4 is 4.90 Å². The van der Waals surface area contributed by atoms with Gasteiger partial charge in [-0.2, -0.15) is 0 Å². The highest BCUT2D eigenvalue weighted by Crippen LogP contribution is 2.43. The van der Waals surface area contributed by atoms with Crippen LogP contribution in [0.15, 0.2) is 65.7 Å². The number of hydrogen-bond donors (Lipinski definition) is 1. The fraction of sp³-hybridized carbons (Fsp3) is 0.240. The molecule has 2 aromatic carbocycles. The second kappa shape index (κ2) is 7.78. The molecule has 31 heavy (non-hydrogen) atoms. The van der Waals surface area contributed by atoms with Crippen LogP contribution in [0.25, 0.3) is 5.76 Å². The largest absolute Gasteiger partial charge is 0.507 e. The molecule has 0 aliphatic carbocycles. The Bertz CT molecular complexity index is 1150. The van der Waals surface area contributed by atoms with Crippen LogP contribution in [0.1, 0.15) is 49.1 Å². The minimum absolute atomic E-state index is 0.0302. The molecule has 1 fully saturated rings. The molecule has 0 spiro atoms. The number of hydrogen-bond acceptors (Lipinski definition) is 5. The third-order valence-electron chi connectivity index (χ3n) is 5.49. The zero-order valence-electron chi connectivity index (χ0n) is 17.9. The van der Waals surface area contributed by atoms with Gasteiger partial charge in [0.05, 0.1) is 11.6 Å². The van der Waals surface area contributed by atoms with Crippen LogP contribution in [0.4, 0.5) is 5.13 Å². The van der Waals surface area contributed by atoms with Crippen molar-refractivity contribution < 1.29 is 14.7 Å². The molecule has 0 saturated carbocycles. The van der Waals surface area contributed by atoms with Gasteiger partial charge in [-0.15, -0.1) is 11.3 Å². The Morgan fingerprint density at radius 1 is 1.03 bits per heavy atom. The van der Waals surface area contributed by atoms with Crippen LogP contribution in [0, 0.1) is 6.92 Å². The number of aliphatic hydroxyl groups excluding tert-OH is 1. The molecule has 0 unspecified atom stereocenters. The number of Topliss-reactive ketones (excluding diaryl/α,β-unsaturated/α-hetero) is 1. The molecule has 2 heterocycles. The number of rotatable bonds is 3. The van der Waals surface area contributed by atoms with Crippen LogP contribution in [0.2, 0.25) is 0 Å². The Hall–Kier alpha value is -3.25. The lowest BCUT2D eigenvalue weighted by Gasteiger charge is -2.24. The standard InChI is InChI=1S/C25H24N2O3S/c1-15-5-7-17(8-6-15)21(28)19-20(16-9-11-18(12-10-16)25(2,3)4)27(23(30)22(19)29)24-26-13-14-31-24/h5-14,20,28H,1-4H3/b21-19+/t20-/m1/s1. The number of aliphatic hydroxyl groups is 1. The molecule has 1 atom stereocenters. The third kappa shape index (κ3) is 3.79. The van der Waals surface area contributed by atoms with Gasteiger partial charge < -0.3 is 5.11 Å². The molecular weight excluding hydrogens is 408 g/mol. The minimum atomic E-state index is -0.749. The number of amides is 1. The highest BCUT2D eigenvalue weighted by Gasteiger charge is 2.48. The van der Waals surface area contributed by atoms with Crippen LogP contribution in [-0.4, -0.2) is 21.8 Å². The zero-order valence-corrected chi connectivity index (χ0v) is 18.7. The summed E-state index contributed by atoms with van der Waals surface area (Å²) in [6.45, 7) is 8.32. The van der Waals surface area contributed by atoms with Crippen molar-refractivity contribution in [2.24, 2.45) is 0 Å². The van der Waals surface area contributed by atoms with Gasteiger partial charge in [-0.3, -0.25) is 14.5 Å². The maximum Gasteiger partial charge on any atom is 0.301 e. The van der Waals surface area contributed by atoms with E-state index in [-0.39, 0.29) is 16.7 Å². The molecular formula is C25H24N2O3S. The summed E-state index contributed by atoms with van der Waals surface area (Å²) in [6.07, 6.45) is 1.60. The molecule has 4 rings (SSSR count). The van der Waals surface area contributed by atoms with Crippen molar-refractivity contribution in [1.82, 2.24) is 4.98 Å². The van der Waals surface area contributed by atoms with Gasteiger partial charge in [-0.25, -0.2) is 4.98 Å². The number of nitrogens with zero attached hydrogens (tertiary/aromatic N) is 2. The SMILES string of the molecule is Cc1ccc(/C(O)=C2\C(=O)C(=O)N(c3nccs3)[C@@H]2c2ccc(C(C)(C)C)cc2)cc1. The topological polar surface area (TPSA) is 70.5 Å². The van der Waals surface area contributed by atoms with E-state index in [1.807, 2.05) is 43.3 Å². The third-order valence-corrected chi connectivity index (χ3v) is 6.26. The predicted octanol–water partition coefficient (Wildman–Crippen LogP) is 5.38. The molecule has 1 aliphatic heterocycles. The maximum absolute atomic E-state index is 13.1. The van der Waals surface area contributed by atoms with Gasteiger partial charge in [0.25, 0.3) is 5.78 Å². The van der Waals surface area contributed by atoms with Crippen molar-refractivity contribution >= 4 is 33.9 Å². The van der Waals surface area contributed by atoms with E-state index in [0.717, 1.165) is 16.7 Å². The lowest BCUT2D eigenvalue weighted by molar-refractivity contribution is -0.132. The van der Waals surface area contributed by atoms with Gasteiger partial charge in [0.1, 0.15) is 5.76 Å². The molecule has 1 amide bonds. The van der Waals surface area contributed by atoms with E-state index in [4.69, 9.17) is 0 Å². The Balaban J connectivity index is 1.90. The van der Waals surface area contributed by atoms with E-state index in [1.54, 1.807) is 23.7 Å². The summed E-state index contributed by atoms with van der Waals surface area (Å²) in [5.41, 5.74) is 3.47. The number of aromatic nitrogens is 1. The van der Waals surface area contributed by atoms with E-state index < -0.39 is 17.7 Å². The predicted molar refractivity (Wildman–Crippen MR) is 123 cm³/mol. The molecule has 6 heteroatoms. The van der Waals surface area contributed by atoms with Crippen molar-refractivity contribution in [2.45, 2.75) is 39.2 Å². The van der Waals surface area contributed by atoms with Crippen LogP contribution >= 0.6 is 11.3 Å². The number of carbonyl (C=O) groups excluding carboxylic acids is 2. The van der Waals surface area contributed by atoms with Crippen molar-refractivity contribution in [3.05, 3.63) is 87.9 Å². The fourth-order valence-corrected chi connectivity index (χ4v) is 4.38. The van der Waals surface area contributed by atoms with Gasteiger partial charge in [0.15, 0.2) is 5.13 Å². The highest BCUT2D eigenvalue weighted by molar-refractivity contribution is 7.14. The number of anilines is 1. The van der Waals surface area contributed by atoms with Gasteiger partial charge in [-0.1, -0.05) is 74.9 Å². The smallest absolute Gasteiger partial charge is 0.301 e. The van der Waals surface area contributed by atoms with Gasteiger partial charge in [0.2, 0.25) is 0 Å². The van der Waals surface area contributed by atoms with E-state index >= 15 is 0 Å². The molecule has 1 N–H and O–H groups in total. The number of thiazole rings is 1. The van der Waals surface area contributed by atoms with Crippen LogP contribution in [0.5, 0.6) is 0 Å². The summed E-state index contributed by atoms with van der Waals surface area (Å²) in [6, 6.07) is 14.3. The quantitative estimate of drug-likeness (QED) is 0.343. The lowest BCUT2D eigenvalue weighted by Crippen LogP contribution is -2.29. The molecule has 5 nitrogen and oxygen atoms in total. The van der Waals surface area contributed by atoms with Crippen LogP contribution in [0.3, 0.4) is 0 Å². The summed E-state index contributed by atoms with van der Waals surface area (Å²) in [7, 11) is 0. The van der Waals surface area contributed by atoms with Gasteiger partial charge in [0, 0.05) is 17.1 Å².